The third-order valence-electron chi connectivity index (χ3n) is 2.91. The maximum absolute atomic E-state index is 11.4. The lowest BCUT2D eigenvalue weighted by atomic mass is 10.1. The summed E-state index contributed by atoms with van der Waals surface area (Å²) in [4.78, 5) is 20.0. The summed E-state index contributed by atoms with van der Waals surface area (Å²) < 4.78 is 1.41. The van der Waals surface area contributed by atoms with Gasteiger partial charge in [0.15, 0.2) is 0 Å². The Kier molecular flexibility index (Phi) is 3.26. The minimum atomic E-state index is -1.02. The SMILES string of the molecule is Cc1cc(C)nc(-n2cc(C(=O)O)c(-c3ccsc3)n2)n1. The van der Waals surface area contributed by atoms with Gasteiger partial charge in [-0.2, -0.15) is 16.4 Å². The lowest BCUT2D eigenvalue weighted by Crippen LogP contribution is -2.04. The lowest BCUT2D eigenvalue weighted by Gasteiger charge is -2.02. The van der Waals surface area contributed by atoms with Crippen LogP contribution in [0.1, 0.15) is 21.7 Å². The van der Waals surface area contributed by atoms with Crippen molar-refractivity contribution < 1.29 is 9.90 Å². The van der Waals surface area contributed by atoms with Crippen molar-refractivity contribution in [3.63, 3.8) is 0 Å². The molecule has 7 heteroatoms. The van der Waals surface area contributed by atoms with Gasteiger partial charge in [0.05, 0.1) is 0 Å². The molecule has 0 bridgehead atoms. The third-order valence-corrected chi connectivity index (χ3v) is 3.60. The zero-order valence-electron chi connectivity index (χ0n) is 11.4. The Morgan fingerprint density at radius 2 is 2.00 bits per heavy atom. The predicted molar refractivity (Wildman–Crippen MR) is 78.9 cm³/mol. The van der Waals surface area contributed by atoms with Gasteiger partial charge in [0.25, 0.3) is 5.95 Å². The van der Waals surface area contributed by atoms with Crippen LogP contribution in [0.3, 0.4) is 0 Å². The van der Waals surface area contributed by atoms with E-state index < -0.39 is 5.97 Å². The highest BCUT2D eigenvalue weighted by molar-refractivity contribution is 7.08. The summed E-state index contributed by atoms with van der Waals surface area (Å²) in [7, 11) is 0. The van der Waals surface area contributed by atoms with Gasteiger partial charge in [-0.05, 0) is 31.4 Å². The summed E-state index contributed by atoms with van der Waals surface area (Å²) >= 11 is 1.49. The van der Waals surface area contributed by atoms with Gasteiger partial charge in [0.1, 0.15) is 11.3 Å². The number of carboxylic acids is 1. The number of rotatable bonds is 3. The molecule has 0 aliphatic carbocycles. The average Bonchev–Trinajstić information content (AvgIpc) is 3.06. The quantitative estimate of drug-likeness (QED) is 0.804. The first-order valence-electron chi connectivity index (χ1n) is 6.23. The highest BCUT2D eigenvalue weighted by atomic mass is 32.1. The molecule has 3 aromatic rings. The predicted octanol–water partition coefficient (Wildman–Crippen LogP) is 2.71. The van der Waals surface area contributed by atoms with E-state index in [4.69, 9.17) is 0 Å². The fourth-order valence-electron chi connectivity index (χ4n) is 2.06. The molecule has 0 atom stereocenters. The van der Waals surface area contributed by atoms with E-state index in [-0.39, 0.29) is 5.56 Å². The van der Waals surface area contributed by atoms with Gasteiger partial charge in [-0.3, -0.25) is 0 Å². The molecule has 3 aromatic heterocycles. The summed E-state index contributed by atoms with van der Waals surface area (Å²) in [6, 6.07) is 3.69. The molecule has 0 saturated carbocycles. The molecule has 0 unspecified atom stereocenters. The number of aromatic nitrogens is 4. The Balaban J connectivity index is 2.17. The molecule has 106 valence electrons. The van der Waals surface area contributed by atoms with Crippen molar-refractivity contribution in [1.29, 1.82) is 0 Å². The second-order valence-corrected chi connectivity index (χ2v) is 5.38. The van der Waals surface area contributed by atoms with E-state index in [1.54, 1.807) is 0 Å². The first kappa shape index (κ1) is 13.4. The van der Waals surface area contributed by atoms with Crippen LogP contribution in [0.2, 0.25) is 0 Å². The summed E-state index contributed by atoms with van der Waals surface area (Å²) in [5.41, 5.74) is 2.95. The first-order valence-corrected chi connectivity index (χ1v) is 7.17. The fourth-order valence-corrected chi connectivity index (χ4v) is 2.70. The van der Waals surface area contributed by atoms with Crippen LogP contribution in [0.15, 0.2) is 29.1 Å². The van der Waals surface area contributed by atoms with Crippen molar-refractivity contribution >= 4 is 17.3 Å². The number of carboxylic acid groups (broad SMARTS) is 1. The van der Waals surface area contributed by atoms with E-state index in [0.29, 0.717) is 11.6 Å². The molecule has 0 saturated heterocycles. The molecule has 0 amide bonds. The minimum absolute atomic E-state index is 0.135. The molecule has 0 aromatic carbocycles. The third kappa shape index (κ3) is 2.55. The highest BCUT2D eigenvalue weighted by Gasteiger charge is 2.19. The topological polar surface area (TPSA) is 80.9 Å². The van der Waals surface area contributed by atoms with E-state index in [1.807, 2.05) is 36.7 Å². The smallest absolute Gasteiger partial charge is 0.339 e. The molecule has 3 heterocycles. The normalized spacial score (nSPS) is 10.8. The van der Waals surface area contributed by atoms with E-state index >= 15 is 0 Å². The molecule has 0 aliphatic rings. The van der Waals surface area contributed by atoms with Crippen molar-refractivity contribution in [2.75, 3.05) is 0 Å². The molecular formula is C14H12N4O2S. The number of hydrogen-bond acceptors (Lipinski definition) is 5. The van der Waals surface area contributed by atoms with Gasteiger partial charge >= 0.3 is 5.97 Å². The van der Waals surface area contributed by atoms with Gasteiger partial charge in [-0.1, -0.05) is 0 Å². The van der Waals surface area contributed by atoms with Crippen LogP contribution in [-0.2, 0) is 0 Å². The number of carbonyl (C=O) groups is 1. The number of thiophene rings is 1. The van der Waals surface area contributed by atoms with Crippen LogP contribution in [0, 0.1) is 13.8 Å². The molecule has 1 N–H and O–H groups in total. The maximum atomic E-state index is 11.4. The Labute approximate surface area is 124 Å². The number of hydrogen-bond donors (Lipinski definition) is 1. The zero-order chi connectivity index (χ0) is 15.0. The van der Waals surface area contributed by atoms with Gasteiger partial charge in [0, 0.05) is 28.5 Å². The van der Waals surface area contributed by atoms with Gasteiger partial charge in [-0.25, -0.2) is 19.4 Å². The lowest BCUT2D eigenvalue weighted by molar-refractivity contribution is 0.0697. The van der Waals surface area contributed by atoms with Gasteiger partial charge < -0.3 is 5.11 Å². The molecular weight excluding hydrogens is 288 g/mol. The van der Waals surface area contributed by atoms with Crippen molar-refractivity contribution in [3.8, 4) is 17.2 Å². The Hall–Kier alpha value is -2.54. The van der Waals surface area contributed by atoms with Gasteiger partial charge in [0.2, 0.25) is 0 Å². The van der Waals surface area contributed by atoms with Crippen LogP contribution >= 0.6 is 11.3 Å². The summed E-state index contributed by atoms with van der Waals surface area (Å²) in [6.07, 6.45) is 1.45. The van der Waals surface area contributed by atoms with Crippen LogP contribution < -0.4 is 0 Å². The van der Waals surface area contributed by atoms with Crippen LogP contribution in [0.25, 0.3) is 17.2 Å². The van der Waals surface area contributed by atoms with E-state index in [0.717, 1.165) is 17.0 Å². The molecule has 3 rings (SSSR count). The second kappa shape index (κ2) is 5.10. The summed E-state index contributed by atoms with van der Waals surface area (Å²) in [5.74, 6) is -0.650. The molecule has 21 heavy (non-hydrogen) atoms. The Bertz CT molecular complexity index is 788. The van der Waals surface area contributed by atoms with Crippen LogP contribution in [0.5, 0.6) is 0 Å². The summed E-state index contributed by atoms with van der Waals surface area (Å²) in [5, 5.41) is 17.4. The molecule has 0 fully saturated rings. The largest absolute Gasteiger partial charge is 0.478 e. The first-order chi connectivity index (χ1) is 10.0. The van der Waals surface area contributed by atoms with Crippen molar-refractivity contribution in [2.24, 2.45) is 0 Å². The van der Waals surface area contributed by atoms with E-state index in [1.165, 1.54) is 22.2 Å². The van der Waals surface area contributed by atoms with Crippen LogP contribution in [-0.4, -0.2) is 30.8 Å². The molecule has 0 aliphatic heterocycles. The zero-order valence-corrected chi connectivity index (χ0v) is 12.3. The van der Waals surface area contributed by atoms with E-state index in [2.05, 4.69) is 15.1 Å². The Morgan fingerprint density at radius 1 is 1.29 bits per heavy atom. The van der Waals surface area contributed by atoms with Crippen molar-refractivity contribution in [1.82, 2.24) is 19.7 Å². The molecule has 0 spiro atoms. The Morgan fingerprint density at radius 3 is 2.57 bits per heavy atom. The van der Waals surface area contributed by atoms with Crippen molar-refractivity contribution in [2.45, 2.75) is 13.8 Å². The van der Waals surface area contributed by atoms with Crippen molar-refractivity contribution in [3.05, 3.63) is 46.0 Å². The second-order valence-electron chi connectivity index (χ2n) is 4.60. The minimum Gasteiger partial charge on any atom is -0.478 e. The number of aromatic carboxylic acids is 1. The molecule has 6 nitrogen and oxygen atoms in total. The summed E-state index contributed by atoms with van der Waals surface area (Å²) in [6.45, 7) is 3.72. The average molecular weight is 300 g/mol. The van der Waals surface area contributed by atoms with Crippen LogP contribution in [0.4, 0.5) is 0 Å². The number of nitrogens with zero attached hydrogens (tertiary/aromatic N) is 4. The molecule has 0 radical (unpaired) electrons. The standard InChI is InChI=1S/C14H12N4O2S/c1-8-5-9(2)16-14(15-8)18-6-11(13(19)20)12(17-18)10-3-4-21-7-10/h3-7H,1-2H3,(H,19,20). The fraction of sp³-hybridized carbons (Fsp3) is 0.143. The number of aryl methyl sites for hydroxylation is 2. The monoisotopic (exact) mass is 300 g/mol. The highest BCUT2D eigenvalue weighted by Crippen LogP contribution is 2.25. The maximum Gasteiger partial charge on any atom is 0.339 e. The van der Waals surface area contributed by atoms with Gasteiger partial charge in [-0.15, -0.1) is 0 Å². The van der Waals surface area contributed by atoms with E-state index in [9.17, 15) is 9.90 Å².